The average Bonchev–Trinajstić information content (AvgIpc) is 3.09. The number of carbonyl (C=O) groups is 2. The number of hydrogen-bond donors (Lipinski definition) is 0. The Morgan fingerprint density at radius 3 is 2.17 bits per heavy atom. The van der Waals surface area contributed by atoms with Gasteiger partial charge in [-0.1, -0.05) is 0 Å². The quantitative estimate of drug-likeness (QED) is 0.756. The lowest BCUT2D eigenvalue weighted by Gasteiger charge is -2.14. The molecule has 1 aromatic heterocycles. The van der Waals surface area contributed by atoms with Crippen molar-refractivity contribution in [2.45, 2.75) is 6.92 Å². The predicted molar refractivity (Wildman–Crippen MR) is 86.2 cm³/mol. The monoisotopic (exact) mass is 333 g/mol. The molecule has 0 saturated heterocycles. The molecule has 2 rings (SSSR count). The summed E-state index contributed by atoms with van der Waals surface area (Å²) in [6, 6.07) is 6.17. The molecule has 0 aliphatic rings. The first-order chi connectivity index (χ1) is 11.6. The second kappa shape index (κ2) is 7.54. The van der Waals surface area contributed by atoms with Crippen LogP contribution in [0.4, 0.5) is 0 Å². The summed E-state index contributed by atoms with van der Waals surface area (Å²) in [6.07, 6.45) is 1.50. The van der Waals surface area contributed by atoms with Crippen LogP contribution in [0.5, 0.6) is 17.2 Å². The van der Waals surface area contributed by atoms with E-state index in [1.165, 1.54) is 50.3 Å². The number of methoxy groups -OCH3 is 3. The summed E-state index contributed by atoms with van der Waals surface area (Å²) in [4.78, 5) is 24.7. The van der Waals surface area contributed by atoms with E-state index in [9.17, 15) is 9.59 Å². The molecule has 0 aliphatic carbocycles. The highest BCUT2D eigenvalue weighted by Gasteiger charge is 2.21. The second-order valence-electron chi connectivity index (χ2n) is 4.70. The van der Waals surface area contributed by atoms with E-state index >= 15 is 0 Å². The van der Waals surface area contributed by atoms with Crippen LogP contribution >= 0.6 is 0 Å². The summed E-state index contributed by atoms with van der Waals surface area (Å²) >= 11 is 0. The Kier molecular flexibility index (Phi) is 5.47. The standard InChI is InChI=1S/C17H19NO6/c1-5-24-17(20)12-7-6-8-18(12)16(19)11-9-13(21-2)15(23-4)14(10-11)22-3/h6-10H,5H2,1-4H3. The van der Waals surface area contributed by atoms with Crippen LogP contribution in [0, 0.1) is 0 Å². The molecule has 7 nitrogen and oxygen atoms in total. The van der Waals surface area contributed by atoms with Gasteiger partial charge in [-0.05, 0) is 31.2 Å². The zero-order valence-corrected chi connectivity index (χ0v) is 14.0. The molecule has 1 heterocycles. The summed E-state index contributed by atoms with van der Waals surface area (Å²) in [6.45, 7) is 1.93. The third-order valence-corrected chi connectivity index (χ3v) is 3.36. The second-order valence-corrected chi connectivity index (χ2v) is 4.70. The molecule has 1 aromatic carbocycles. The minimum Gasteiger partial charge on any atom is -0.493 e. The maximum absolute atomic E-state index is 12.8. The molecule has 0 fully saturated rings. The smallest absolute Gasteiger partial charge is 0.355 e. The normalized spacial score (nSPS) is 10.2. The van der Waals surface area contributed by atoms with Crippen LogP contribution in [-0.2, 0) is 4.74 Å². The first-order valence-electron chi connectivity index (χ1n) is 7.26. The van der Waals surface area contributed by atoms with Gasteiger partial charge in [-0.3, -0.25) is 9.36 Å². The fourth-order valence-electron chi connectivity index (χ4n) is 2.27. The Bertz CT molecular complexity index is 724. The van der Waals surface area contributed by atoms with Crippen molar-refractivity contribution in [1.29, 1.82) is 0 Å². The molecule has 0 radical (unpaired) electrons. The van der Waals surface area contributed by atoms with Crippen LogP contribution in [0.1, 0.15) is 27.8 Å². The SMILES string of the molecule is CCOC(=O)c1cccn1C(=O)c1cc(OC)c(OC)c(OC)c1. The van der Waals surface area contributed by atoms with E-state index in [1.807, 2.05) is 0 Å². The highest BCUT2D eigenvalue weighted by Crippen LogP contribution is 2.38. The Hall–Kier alpha value is -2.96. The lowest BCUT2D eigenvalue weighted by Crippen LogP contribution is -2.19. The van der Waals surface area contributed by atoms with E-state index in [-0.39, 0.29) is 17.9 Å². The van der Waals surface area contributed by atoms with E-state index in [2.05, 4.69) is 0 Å². The molecule has 0 bridgehead atoms. The molecule has 0 unspecified atom stereocenters. The van der Waals surface area contributed by atoms with E-state index in [4.69, 9.17) is 18.9 Å². The molecule has 0 N–H and O–H groups in total. The molecule has 128 valence electrons. The molecule has 0 spiro atoms. The van der Waals surface area contributed by atoms with Crippen molar-refractivity contribution < 1.29 is 28.5 Å². The summed E-state index contributed by atoms with van der Waals surface area (Å²) in [7, 11) is 4.41. The molecular weight excluding hydrogens is 314 g/mol. The zero-order valence-electron chi connectivity index (χ0n) is 14.0. The third-order valence-electron chi connectivity index (χ3n) is 3.36. The van der Waals surface area contributed by atoms with Gasteiger partial charge in [0.05, 0.1) is 27.9 Å². The number of esters is 1. The fourth-order valence-corrected chi connectivity index (χ4v) is 2.27. The van der Waals surface area contributed by atoms with Gasteiger partial charge in [0.15, 0.2) is 11.5 Å². The van der Waals surface area contributed by atoms with E-state index in [0.29, 0.717) is 17.2 Å². The van der Waals surface area contributed by atoms with Crippen molar-refractivity contribution in [1.82, 2.24) is 4.57 Å². The maximum atomic E-state index is 12.8. The molecule has 24 heavy (non-hydrogen) atoms. The van der Waals surface area contributed by atoms with Crippen molar-refractivity contribution in [3.05, 3.63) is 41.7 Å². The molecular formula is C17H19NO6. The number of hydrogen-bond acceptors (Lipinski definition) is 6. The topological polar surface area (TPSA) is 76.0 Å². The van der Waals surface area contributed by atoms with Crippen LogP contribution in [-0.4, -0.2) is 44.4 Å². The van der Waals surface area contributed by atoms with Gasteiger partial charge in [-0.25, -0.2) is 4.79 Å². The molecule has 0 amide bonds. The van der Waals surface area contributed by atoms with Gasteiger partial charge in [0.2, 0.25) is 5.75 Å². The number of aromatic nitrogens is 1. The molecule has 0 aliphatic heterocycles. The Morgan fingerprint density at radius 1 is 1.04 bits per heavy atom. The minimum absolute atomic E-state index is 0.149. The van der Waals surface area contributed by atoms with Gasteiger partial charge in [0, 0.05) is 11.8 Å². The highest BCUT2D eigenvalue weighted by atomic mass is 16.5. The van der Waals surface area contributed by atoms with Crippen LogP contribution in [0.25, 0.3) is 0 Å². The lowest BCUT2D eigenvalue weighted by molar-refractivity contribution is 0.0510. The number of ether oxygens (including phenoxy) is 4. The van der Waals surface area contributed by atoms with Crippen LogP contribution in [0.2, 0.25) is 0 Å². The summed E-state index contributed by atoms with van der Waals surface area (Å²) < 4.78 is 21.9. The zero-order chi connectivity index (χ0) is 17.7. The van der Waals surface area contributed by atoms with Crippen molar-refractivity contribution in [2.75, 3.05) is 27.9 Å². The van der Waals surface area contributed by atoms with E-state index in [1.54, 1.807) is 13.0 Å². The Labute approximate surface area is 139 Å². The summed E-state index contributed by atoms with van der Waals surface area (Å²) in [5.41, 5.74) is 0.432. The number of nitrogens with zero attached hydrogens (tertiary/aromatic N) is 1. The number of carbonyl (C=O) groups excluding carboxylic acids is 2. The lowest BCUT2D eigenvalue weighted by atomic mass is 10.1. The van der Waals surface area contributed by atoms with Gasteiger partial charge < -0.3 is 18.9 Å². The van der Waals surface area contributed by atoms with Crippen LogP contribution in [0.15, 0.2) is 30.5 Å². The van der Waals surface area contributed by atoms with Gasteiger partial charge >= 0.3 is 5.97 Å². The van der Waals surface area contributed by atoms with Crippen LogP contribution in [0.3, 0.4) is 0 Å². The first-order valence-corrected chi connectivity index (χ1v) is 7.26. The van der Waals surface area contributed by atoms with Crippen molar-refractivity contribution in [3.63, 3.8) is 0 Å². The average molecular weight is 333 g/mol. The van der Waals surface area contributed by atoms with Crippen molar-refractivity contribution >= 4 is 11.9 Å². The molecule has 0 atom stereocenters. The number of benzene rings is 1. The molecule has 7 heteroatoms. The summed E-state index contributed by atoms with van der Waals surface area (Å²) in [5.74, 6) is 0.107. The molecule has 2 aromatic rings. The largest absolute Gasteiger partial charge is 0.493 e. The number of rotatable bonds is 6. The van der Waals surface area contributed by atoms with Crippen LogP contribution < -0.4 is 14.2 Å². The third kappa shape index (κ3) is 3.19. The van der Waals surface area contributed by atoms with E-state index < -0.39 is 11.9 Å². The minimum atomic E-state index is -0.566. The fraction of sp³-hybridized carbons (Fsp3) is 0.294. The Balaban J connectivity index is 2.48. The molecule has 0 saturated carbocycles. The van der Waals surface area contributed by atoms with Crippen molar-refractivity contribution in [3.8, 4) is 17.2 Å². The maximum Gasteiger partial charge on any atom is 0.355 e. The van der Waals surface area contributed by atoms with Gasteiger partial charge in [0.1, 0.15) is 5.69 Å². The Morgan fingerprint density at radius 2 is 1.67 bits per heavy atom. The predicted octanol–water partition coefficient (Wildman–Crippen LogP) is 2.38. The highest BCUT2D eigenvalue weighted by molar-refractivity contribution is 6.02. The van der Waals surface area contributed by atoms with Gasteiger partial charge in [0.25, 0.3) is 5.91 Å². The van der Waals surface area contributed by atoms with Gasteiger partial charge in [-0.2, -0.15) is 0 Å². The van der Waals surface area contributed by atoms with E-state index in [0.717, 1.165) is 0 Å². The summed E-state index contributed by atoms with van der Waals surface area (Å²) in [5, 5.41) is 0. The van der Waals surface area contributed by atoms with Gasteiger partial charge in [-0.15, -0.1) is 0 Å². The first kappa shape index (κ1) is 17.4. The van der Waals surface area contributed by atoms with Crippen molar-refractivity contribution in [2.24, 2.45) is 0 Å².